The summed E-state index contributed by atoms with van der Waals surface area (Å²) in [6, 6.07) is 0.127. The zero-order valence-corrected chi connectivity index (χ0v) is 8.74. The molecule has 0 spiro atoms. The maximum atomic E-state index is 13.4. The minimum absolute atomic E-state index is 0.172. The maximum absolute atomic E-state index is 13.4. The van der Waals surface area contributed by atoms with Crippen LogP contribution in [0.5, 0.6) is 0 Å². The van der Waals surface area contributed by atoms with Gasteiger partial charge in [-0.2, -0.15) is 13.2 Å². The van der Waals surface area contributed by atoms with Crippen LogP contribution in [-0.2, 0) is 6.18 Å². The number of hydrogen-bond donors (Lipinski definition) is 2. The van der Waals surface area contributed by atoms with Crippen molar-refractivity contribution >= 4 is 11.6 Å². The van der Waals surface area contributed by atoms with E-state index in [0.29, 0.717) is 12.1 Å². The van der Waals surface area contributed by atoms with Gasteiger partial charge in [0.2, 0.25) is 0 Å². The molecule has 4 N–H and O–H groups in total. The van der Waals surface area contributed by atoms with Crippen molar-refractivity contribution < 1.29 is 17.6 Å². The first-order valence-corrected chi connectivity index (χ1v) is 4.67. The van der Waals surface area contributed by atoms with Crippen molar-refractivity contribution in [3.8, 4) is 0 Å². The van der Waals surface area contributed by atoms with Crippen molar-refractivity contribution in [2.45, 2.75) is 12.2 Å². The molecule has 0 heterocycles. The smallest absolute Gasteiger partial charge is 0.329 e. The maximum Gasteiger partial charge on any atom is 0.416 e. The van der Waals surface area contributed by atoms with E-state index in [1.54, 1.807) is 0 Å². The molecule has 0 aromatic heterocycles. The van der Waals surface area contributed by atoms with Crippen LogP contribution in [0, 0.1) is 5.82 Å². The summed E-state index contributed by atoms with van der Waals surface area (Å²) in [5.41, 5.74) is 9.18. The molecule has 0 unspecified atom stereocenters. The van der Waals surface area contributed by atoms with Crippen molar-refractivity contribution in [1.29, 1.82) is 0 Å². The van der Waals surface area contributed by atoms with E-state index in [-0.39, 0.29) is 12.1 Å². The first-order chi connectivity index (χ1) is 7.27. The van der Waals surface area contributed by atoms with E-state index < -0.39 is 28.6 Å². The van der Waals surface area contributed by atoms with Gasteiger partial charge in [0.1, 0.15) is 5.82 Å². The van der Waals surface area contributed by atoms with E-state index in [4.69, 9.17) is 23.1 Å². The second kappa shape index (κ2) is 4.57. The fourth-order valence-electron chi connectivity index (χ4n) is 1.17. The van der Waals surface area contributed by atoms with Crippen molar-refractivity contribution in [3.63, 3.8) is 0 Å². The number of rotatable bonds is 2. The molecule has 0 aliphatic heterocycles. The molecule has 1 aromatic rings. The van der Waals surface area contributed by atoms with Gasteiger partial charge in [0.05, 0.1) is 10.6 Å². The predicted molar refractivity (Wildman–Crippen MR) is 52.4 cm³/mol. The summed E-state index contributed by atoms with van der Waals surface area (Å²) < 4.78 is 50.6. The summed E-state index contributed by atoms with van der Waals surface area (Å²) in [6.07, 6.45) is -4.60. The molecule has 90 valence electrons. The molecule has 0 saturated carbocycles. The average Bonchev–Trinajstić information content (AvgIpc) is 2.19. The lowest BCUT2D eigenvalue weighted by Gasteiger charge is -2.15. The summed E-state index contributed by atoms with van der Waals surface area (Å²) in [6.45, 7) is -0.172. The summed E-state index contributed by atoms with van der Waals surface area (Å²) in [5.74, 6) is -0.965. The molecule has 7 heteroatoms. The molecule has 1 atom stereocenters. The lowest BCUT2D eigenvalue weighted by Crippen LogP contribution is -2.22. The Morgan fingerprint density at radius 1 is 1.31 bits per heavy atom. The lowest BCUT2D eigenvalue weighted by atomic mass is 10.0. The van der Waals surface area contributed by atoms with Crippen molar-refractivity contribution in [1.82, 2.24) is 0 Å². The molecular formula is C9H9ClF4N2. The van der Waals surface area contributed by atoms with Gasteiger partial charge in [-0.25, -0.2) is 4.39 Å². The van der Waals surface area contributed by atoms with Crippen molar-refractivity contribution in [2.24, 2.45) is 11.5 Å². The van der Waals surface area contributed by atoms with Crippen LogP contribution in [0.3, 0.4) is 0 Å². The van der Waals surface area contributed by atoms with Crippen LogP contribution in [0.4, 0.5) is 17.6 Å². The van der Waals surface area contributed by atoms with Crippen LogP contribution >= 0.6 is 11.6 Å². The fourth-order valence-corrected chi connectivity index (χ4v) is 1.40. The summed E-state index contributed by atoms with van der Waals surface area (Å²) >= 11 is 5.35. The highest BCUT2D eigenvalue weighted by Crippen LogP contribution is 2.34. The molecule has 0 aliphatic carbocycles. The number of benzene rings is 1. The summed E-state index contributed by atoms with van der Waals surface area (Å²) in [4.78, 5) is 0. The average molecular weight is 257 g/mol. The van der Waals surface area contributed by atoms with E-state index in [1.807, 2.05) is 0 Å². The van der Waals surface area contributed by atoms with Gasteiger partial charge in [0, 0.05) is 18.2 Å². The number of nitrogens with two attached hydrogens (primary N) is 2. The van der Waals surface area contributed by atoms with E-state index >= 15 is 0 Å². The van der Waals surface area contributed by atoms with E-state index in [1.165, 1.54) is 0 Å². The third-order valence-corrected chi connectivity index (χ3v) is 2.31. The molecule has 0 saturated heterocycles. The minimum atomic E-state index is -4.60. The van der Waals surface area contributed by atoms with Gasteiger partial charge >= 0.3 is 6.18 Å². The molecule has 0 amide bonds. The standard InChI is InChI=1S/C9H9ClF4N2/c10-6-2-4(9(12,13)14)1-5(8(6)11)7(16)3-15/h1-2,7H,3,15-16H2/t7-/m1/s1. The Kier molecular flexibility index (Phi) is 3.77. The first kappa shape index (κ1) is 13.2. The highest BCUT2D eigenvalue weighted by Gasteiger charge is 2.32. The van der Waals surface area contributed by atoms with Gasteiger partial charge in [-0.3, -0.25) is 0 Å². The summed E-state index contributed by atoms with van der Waals surface area (Å²) in [5, 5.41) is -0.617. The van der Waals surface area contributed by atoms with E-state index in [2.05, 4.69) is 0 Å². The van der Waals surface area contributed by atoms with Crippen LogP contribution in [0.15, 0.2) is 12.1 Å². The highest BCUT2D eigenvalue weighted by atomic mass is 35.5. The molecule has 1 aromatic carbocycles. The molecule has 0 radical (unpaired) electrons. The molecule has 0 fully saturated rings. The molecule has 0 bridgehead atoms. The predicted octanol–water partition coefficient (Wildman–Crippen LogP) is 2.46. The molecule has 16 heavy (non-hydrogen) atoms. The third kappa shape index (κ3) is 2.63. The molecule has 0 aliphatic rings. The third-order valence-electron chi connectivity index (χ3n) is 2.04. The van der Waals surface area contributed by atoms with Gasteiger partial charge in [-0.1, -0.05) is 11.6 Å². The van der Waals surface area contributed by atoms with E-state index in [0.717, 1.165) is 0 Å². The minimum Gasteiger partial charge on any atom is -0.329 e. The number of hydrogen-bond acceptors (Lipinski definition) is 2. The summed E-state index contributed by atoms with van der Waals surface area (Å²) in [7, 11) is 0. The Morgan fingerprint density at radius 3 is 2.31 bits per heavy atom. The van der Waals surface area contributed by atoms with Crippen LogP contribution in [-0.4, -0.2) is 6.54 Å². The Morgan fingerprint density at radius 2 is 1.88 bits per heavy atom. The van der Waals surface area contributed by atoms with Crippen LogP contribution in [0.25, 0.3) is 0 Å². The van der Waals surface area contributed by atoms with Crippen LogP contribution in [0.1, 0.15) is 17.2 Å². The first-order valence-electron chi connectivity index (χ1n) is 4.29. The van der Waals surface area contributed by atoms with Gasteiger partial charge in [0.15, 0.2) is 0 Å². The Balaban J connectivity index is 3.33. The topological polar surface area (TPSA) is 52.0 Å². The molecule has 1 rings (SSSR count). The molecule has 2 nitrogen and oxygen atoms in total. The van der Waals surface area contributed by atoms with Gasteiger partial charge in [-0.05, 0) is 12.1 Å². The highest BCUT2D eigenvalue weighted by molar-refractivity contribution is 6.30. The van der Waals surface area contributed by atoms with Crippen LogP contribution < -0.4 is 11.5 Å². The number of alkyl halides is 3. The molecular weight excluding hydrogens is 248 g/mol. The monoisotopic (exact) mass is 256 g/mol. The Hall–Kier alpha value is -0.850. The normalized spacial score (nSPS) is 13.9. The zero-order chi connectivity index (χ0) is 12.5. The fraction of sp³-hybridized carbons (Fsp3) is 0.333. The number of halogens is 5. The van der Waals surface area contributed by atoms with Crippen LogP contribution in [0.2, 0.25) is 5.02 Å². The van der Waals surface area contributed by atoms with Gasteiger partial charge in [0.25, 0.3) is 0 Å². The van der Waals surface area contributed by atoms with E-state index in [9.17, 15) is 17.6 Å². The second-order valence-electron chi connectivity index (χ2n) is 3.20. The second-order valence-corrected chi connectivity index (χ2v) is 3.61. The van der Waals surface area contributed by atoms with Gasteiger partial charge in [-0.15, -0.1) is 0 Å². The SMILES string of the molecule is NC[C@@H](N)c1cc(C(F)(F)F)cc(Cl)c1F. The van der Waals surface area contributed by atoms with Crippen molar-refractivity contribution in [2.75, 3.05) is 6.54 Å². The van der Waals surface area contributed by atoms with Gasteiger partial charge < -0.3 is 11.5 Å². The van der Waals surface area contributed by atoms with Crippen molar-refractivity contribution in [3.05, 3.63) is 34.1 Å². The zero-order valence-electron chi connectivity index (χ0n) is 7.98. The lowest BCUT2D eigenvalue weighted by molar-refractivity contribution is -0.137. The quantitative estimate of drug-likeness (QED) is 0.799. The largest absolute Gasteiger partial charge is 0.416 e. The Labute approximate surface area is 94.2 Å². The Bertz CT molecular complexity index is 392.